The normalized spacial score (nSPS) is 20.0. The van der Waals surface area contributed by atoms with E-state index in [0.29, 0.717) is 0 Å². The molecule has 4 nitrogen and oxygen atoms in total. The van der Waals surface area contributed by atoms with Crippen LogP contribution in [0.15, 0.2) is 24.3 Å². The van der Waals surface area contributed by atoms with Crippen molar-refractivity contribution in [1.29, 1.82) is 0 Å². The summed E-state index contributed by atoms with van der Waals surface area (Å²) >= 11 is 0. The molecule has 2 rings (SSSR count). The van der Waals surface area contributed by atoms with Gasteiger partial charge in [0, 0.05) is 18.1 Å². The highest BCUT2D eigenvalue weighted by Crippen LogP contribution is 2.34. The first-order valence-corrected chi connectivity index (χ1v) is 4.74. The van der Waals surface area contributed by atoms with Crippen molar-refractivity contribution in [3.8, 4) is 0 Å². The largest absolute Gasteiger partial charge is 0.392 e. The van der Waals surface area contributed by atoms with E-state index in [1.54, 1.807) is 13.0 Å². The minimum atomic E-state index is -0.469. The lowest BCUT2D eigenvalue weighted by Gasteiger charge is -2.13. The van der Waals surface area contributed by atoms with Crippen LogP contribution in [-0.4, -0.2) is 16.1 Å². The fraction of sp³-hybridized carbons (Fsp3) is 0.273. The second kappa shape index (κ2) is 3.47. The Morgan fingerprint density at radius 1 is 1.53 bits per heavy atom. The Morgan fingerprint density at radius 2 is 2.27 bits per heavy atom. The Hall–Kier alpha value is -1.68. The van der Waals surface area contributed by atoms with Crippen molar-refractivity contribution >= 4 is 11.8 Å². The maximum atomic E-state index is 10.5. The molecule has 2 unspecified atom stereocenters. The highest BCUT2D eigenvalue weighted by Gasteiger charge is 2.23. The van der Waals surface area contributed by atoms with Crippen LogP contribution >= 0.6 is 0 Å². The van der Waals surface area contributed by atoms with Gasteiger partial charge >= 0.3 is 0 Å². The van der Waals surface area contributed by atoms with Crippen LogP contribution < -0.4 is 0 Å². The van der Waals surface area contributed by atoms with Crippen LogP contribution in [0.3, 0.4) is 0 Å². The molecule has 0 aromatic heterocycles. The summed E-state index contributed by atoms with van der Waals surface area (Å²) in [5.41, 5.74) is 1.87. The van der Waals surface area contributed by atoms with Gasteiger partial charge in [-0.1, -0.05) is 18.2 Å². The molecule has 1 aliphatic carbocycles. The molecule has 1 N–H and O–H groups in total. The summed E-state index contributed by atoms with van der Waals surface area (Å²) in [4.78, 5) is 10.1. The van der Waals surface area contributed by atoms with E-state index in [1.807, 2.05) is 12.2 Å². The van der Waals surface area contributed by atoms with E-state index in [-0.39, 0.29) is 11.6 Å². The van der Waals surface area contributed by atoms with Gasteiger partial charge in [-0.3, -0.25) is 10.1 Å². The van der Waals surface area contributed by atoms with Crippen LogP contribution in [0.1, 0.15) is 24.0 Å². The van der Waals surface area contributed by atoms with E-state index in [4.69, 9.17) is 0 Å². The van der Waals surface area contributed by atoms with E-state index in [0.717, 1.165) is 11.1 Å². The monoisotopic (exact) mass is 205 g/mol. The van der Waals surface area contributed by atoms with Crippen LogP contribution in [-0.2, 0) is 0 Å². The number of non-ortho nitro benzene ring substituents is 1. The number of nitro benzene ring substituents is 1. The number of fused-ring (bicyclic) bond motifs is 1. The maximum absolute atomic E-state index is 10.5. The van der Waals surface area contributed by atoms with Crippen molar-refractivity contribution < 1.29 is 10.0 Å². The molecule has 4 heteroatoms. The zero-order valence-electron chi connectivity index (χ0n) is 8.25. The van der Waals surface area contributed by atoms with E-state index in [9.17, 15) is 15.2 Å². The number of aliphatic hydroxyl groups excluding tert-OH is 1. The van der Waals surface area contributed by atoms with Crippen molar-refractivity contribution in [2.24, 2.45) is 0 Å². The molecular weight excluding hydrogens is 194 g/mol. The lowest BCUT2D eigenvalue weighted by molar-refractivity contribution is -0.384. The minimum Gasteiger partial charge on any atom is -0.392 e. The predicted molar refractivity (Wildman–Crippen MR) is 56.6 cm³/mol. The fourth-order valence-corrected chi connectivity index (χ4v) is 1.86. The molecule has 0 spiro atoms. The number of rotatable bonds is 2. The molecule has 78 valence electrons. The molecular formula is C11H11NO3. The fourth-order valence-electron chi connectivity index (χ4n) is 1.86. The second-order valence-corrected chi connectivity index (χ2v) is 3.70. The number of aliphatic hydroxyl groups is 1. The van der Waals surface area contributed by atoms with Gasteiger partial charge in [0.15, 0.2) is 0 Å². The molecule has 0 amide bonds. The van der Waals surface area contributed by atoms with Crippen LogP contribution in [0.25, 0.3) is 6.08 Å². The summed E-state index contributed by atoms with van der Waals surface area (Å²) in [6, 6.07) is 4.72. The molecule has 0 bridgehead atoms. The zero-order chi connectivity index (χ0) is 11.0. The average Bonchev–Trinajstić information content (AvgIpc) is 2.59. The summed E-state index contributed by atoms with van der Waals surface area (Å²) in [5, 5.41) is 20.0. The molecule has 0 aliphatic heterocycles. The van der Waals surface area contributed by atoms with E-state index >= 15 is 0 Å². The third-order valence-electron chi connectivity index (χ3n) is 2.64. The van der Waals surface area contributed by atoms with Gasteiger partial charge in [-0.15, -0.1) is 0 Å². The lowest BCUT2D eigenvalue weighted by Crippen LogP contribution is -2.10. The Kier molecular flexibility index (Phi) is 2.28. The number of nitrogens with zero attached hydrogens (tertiary/aromatic N) is 1. The average molecular weight is 205 g/mol. The van der Waals surface area contributed by atoms with Gasteiger partial charge in [-0.2, -0.15) is 0 Å². The predicted octanol–water partition coefficient (Wildman–Crippen LogP) is 2.09. The number of nitro groups is 1. The summed E-state index contributed by atoms with van der Waals surface area (Å²) in [7, 11) is 0. The highest BCUT2D eigenvalue weighted by molar-refractivity contribution is 5.65. The number of benzene rings is 1. The molecule has 2 atom stereocenters. The Bertz CT molecular complexity index is 437. The SMILES string of the molecule is CC(O)C1C=Cc2cc([N+](=O)[O-])ccc21. The van der Waals surface area contributed by atoms with Crippen molar-refractivity contribution in [3.05, 3.63) is 45.5 Å². The molecule has 0 radical (unpaired) electrons. The van der Waals surface area contributed by atoms with Gasteiger partial charge in [0.2, 0.25) is 0 Å². The van der Waals surface area contributed by atoms with Crippen molar-refractivity contribution in [3.63, 3.8) is 0 Å². The molecule has 1 aliphatic rings. The Labute approximate surface area is 87.0 Å². The lowest BCUT2D eigenvalue weighted by atomic mass is 9.96. The zero-order valence-corrected chi connectivity index (χ0v) is 8.25. The van der Waals surface area contributed by atoms with E-state index < -0.39 is 11.0 Å². The van der Waals surface area contributed by atoms with E-state index in [2.05, 4.69) is 0 Å². The van der Waals surface area contributed by atoms with Crippen LogP contribution in [0, 0.1) is 10.1 Å². The molecule has 0 saturated carbocycles. The Balaban J connectivity index is 2.42. The summed E-state index contributed by atoms with van der Waals surface area (Å²) in [6.45, 7) is 1.71. The summed E-state index contributed by atoms with van der Waals surface area (Å²) < 4.78 is 0. The van der Waals surface area contributed by atoms with Crippen molar-refractivity contribution in [1.82, 2.24) is 0 Å². The summed E-state index contributed by atoms with van der Waals surface area (Å²) in [5.74, 6) is -0.0409. The molecule has 15 heavy (non-hydrogen) atoms. The first-order valence-electron chi connectivity index (χ1n) is 4.74. The highest BCUT2D eigenvalue weighted by atomic mass is 16.6. The van der Waals surface area contributed by atoms with Gasteiger partial charge in [0.1, 0.15) is 0 Å². The quantitative estimate of drug-likeness (QED) is 0.594. The van der Waals surface area contributed by atoms with Gasteiger partial charge in [0.05, 0.1) is 11.0 Å². The molecule has 0 heterocycles. The number of hydrogen-bond acceptors (Lipinski definition) is 3. The third kappa shape index (κ3) is 1.64. The van der Waals surface area contributed by atoms with Gasteiger partial charge < -0.3 is 5.11 Å². The van der Waals surface area contributed by atoms with Crippen LogP contribution in [0.5, 0.6) is 0 Å². The van der Waals surface area contributed by atoms with Gasteiger partial charge in [0.25, 0.3) is 5.69 Å². The van der Waals surface area contributed by atoms with Crippen molar-refractivity contribution in [2.75, 3.05) is 0 Å². The molecule has 1 aromatic rings. The van der Waals surface area contributed by atoms with Gasteiger partial charge in [-0.25, -0.2) is 0 Å². The Morgan fingerprint density at radius 3 is 2.87 bits per heavy atom. The topological polar surface area (TPSA) is 63.4 Å². The number of hydrogen-bond donors (Lipinski definition) is 1. The van der Waals surface area contributed by atoms with Crippen LogP contribution in [0.4, 0.5) is 5.69 Å². The van der Waals surface area contributed by atoms with E-state index in [1.165, 1.54) is 12.1 Å². The summed E-state index contributed by atoms with van der Waals surface area (Å²) in [6.07, 6.45) is 3.22. The first-order chi connectivity index (χ1) is 7.09. The smallest absolute Gasteiger partial charge is 0.270 e. The molecule has 0 fully saturated rings. The van der Waals surface area contributed by atoms with Gasteiger partial charge in [-0.05, 0) is 18.1 Å². The van der Waals surface area contributed by atoms with Crippen molar-refractivity contribution in [2.45, 2.75) is 18.9 Å². The molecule has 1 aromatic carbocycles. The first kappa shape index (κ1) is 9.86. The molecule has 0 saturated heterocycles. The minimum absolute atomic E-state index is 0.0409. The maximum Gasteiger partial charge on any atom is 0.270 e. The standard InChI is InChI=1S/C11H11NO3/c1-7(13)10-4-2-8-6-9(12(14)15)3-5-11(8)10/h2-7,10,13H,1H3. The third-order valence-corrected chi connectivity index (χ3v) is 2.64. The second-order valence-electron chi connectivity index (χ2n) is 3.70. The van der Waals surface area contributed by atoms with Crippen LogP contribution in [0.2, 0.25) is 0 Å².